The Morgan fingerprint density at radius 3 is 2.69 bits per heavy atom. The molecule has 0 bridgehead atoms. The zero-order valence-corrected chi connectivity index (χ0v) is 8.51. The minimum Gasteiger partial charge on any atom is -0.327 e. The van der Waals surface area contributed by atoms with E-state index < -0.39 is 0 Å². The van der Waals surface area contributed by atoms with Crippen LogP contribution in [0, 0.1) is 6.92 Å². The van der Waals surface area contributed by atoms with Gasteiger partial charge in [0.15, 0.2) is 0 Å². The Labute approximate surface area is 83.9 Å². The zero-order valence-electron chi connectivity index (χ0n) is 7.76. The van der Waals surface area contributed by atoms with Gasteiger partial charge in [0.25, 0.3) is 0 Å². The maximum Gasteiger partial charge on any atom is 0.0441 e. The Kier molecular flexibility index (Phi) is 2.31. The average molecular weight is 196 g/mol. The summed E-state index contributed by atoms with van der Waals surface area (Å²) in [5.41, 5.74) is 8.41. The first-order valence-corrected chi connectivity index (χ1v) is 5.08. The van der Waals surface area contributed by atoms with Crippen molar-refractivity contribution in [3.05, 3.63) is 34.3 Å². The minimum atomic E-state index is 0.319. The van der Waals surface area contributed by atoms with Crippen LogP contribution in [0.15, 0.2) is 18.2 Å². The average Bonchev–Trinajstić information content (AvgIpc) is 2.09. The molecule has 0 saturated heterocycles. The monoisotopic (exact) mass is 195 g/mol. The molecule has 1 nitrogen and oxygen atoms in total. The second kappa shape index (κ2) is 3.32. The second-order valence-corrected chi connectivity index (χ2v) is 4.28. The largest absolute Gasteiger partial charge is 0.327 e. The molecule has 1 aliphatic carbocycles. The minimum absolute atomic E-state index is 0.319. The Balaban J connectivity index is 2.33. The van der Waals surface area contributed by atoms with E-state index in [-0.39, 0.29) is 0 Å². The van der Waals surface area contributed by atoms with E-state index in [4.69, 9.17) is 17.3 Å². The number of rotatable bonds is 1. The van der Waals surface area contributed by atoms with E-state index in [1.807, 2.05) is 12.1 Å². The Hall–Kier alpha value is -0.530. The third kappa shape index (κ3) is 1.59. The van der Waals surface area contributed by atoms with Crippen molar-refractivity contribution in [1.82, 2.24) is 0 Å². The summed E-state index contributed by atoms with van der Waals surface area (Å²) in [7, 11) is 0. The van der Waals surface area contributed by atoms with Crippen LogP contribution in [0.5, 0.6) is 0 Å². The number of benzene rings is 1. The first kappa shape index (κ1) is 9.04. The molecule has 0 heterocycles. The Morgan fingerprint density at radius 1 is 1.38 bits per heavy atom. The van der Waals surface area contributed by atoms with Gasteiger partial charge in [-0.25, -0.2) is 0 Å². The molecule has 0 amide bonds. The molecule has 2 unspecified atom stereocenters. The quantitative estimate of drug-likeness (QED) is 0.733. The van der Waals surface area contributed by atoms with Gasteiger partial charge in [0.1, 0.15) is 0 Å². The molecule has 2 rings (SSSR count). The van der Waals surface area contributed by atoms with E-state index in [2.05, 4.69) is 13.0 Å². The zero-order chi connectivity index (χ0) is 9.42. The predicted molar refractivity (Wildman–Crippen MR) is 56.1 cm³/mol. The summed E-state index contributed by atoms with van der Waals surface area (Å²) in [4.78, 5) is 0. The molecule has 0 spiro atoms. The molecule has 1 aromatic carbocycles. The molecule has 2 heteroatoms. The molecule has 1 fully saturated rings. The summed E-state index contributed by atoms with van der Waals surface area (Å²) < 4.78 is 0. The fourth-order valence-corrected chi connectivity index (χ4v) is 2.12. The van der Waals surface area contributed by atoms with Crippen LogP contribution in [0.4, 0.5) is 0 Å². The van der Waals surface area contributed by atoms with E-state index >= 15 is 0 Å². The van der Waals surface area contributed by atoms with E-state index in [1.165, 1.54) is 17.5 Å². The maximum atomic E-state index is 6.11. The van der Waals surface area contributed by atoms with Crippen molar-refractivity contribution in [1.29, 1.82) is 0 Å². The van der Waals surface area contributed by atoms with Crippen LogP contribution in [0.1, 0.15) is 29.9 Å². The highest BCUT2D eigenvalue weighted by Crippen LogP contribution is 2.39. The number of hydrogen-bond donors (Lipinski definition) is 1. The van der Waals surface area contributed by atoms with Crippen LogP contribution in [0.25, 0.3) is 0 Å². The summed E-state index contributed by atoms with van der Waals surface area (Å²) >= 11 is 6.11. The van der Waals surface area contributed by atoms with Crippen LogP contribution in [0.2, 0.25) is 5.02 Å². The highest BCUT2D eigenvalue weighted by molar-refractivity contribution is 6.31. The highest BCUT2D eigenvalue weighted by Gasteiger charge is 2.30. The molecular weight excluding hydrogens is 182 g/mol. The molecule has 0 radical (unpaired) electrons. The lowest BCUT2D eigenvalue weighted by Crippen LogP contribution is -2.37. The molecular formula is C11H14ClN. The molecule has 1 aromatic rings. The van der Waals surface area contributed by atoms with E-state index in [9.17, 15) is 0 Å². The molecule has 0 aliphatic heterocycles. The van der Waals surface area contributed by atoms with Crippen LogP contribution in [-0.4, -0.2) is 6.04 Å². The third-order valence-corrected chi connectivity index (χ3v) is 3.22. The molecule has 1 aliphatic rings. The Morgan fingerprint density at radius 2 is 2.15 bits per heavy atom. The molecule has 13 heavy (non-hydrogen) atoms. The first-order chi connectivity index (χ1) is 6.18. The molecule has 2 N–H and O–H groups in total. The fourth-order valence-electron chi connectivity index (χ4n) is 1.86. The van der Waals surface area contributed by atoms with Crippen LogP contribution < -0.4 is 5.73 Å². The van der Waals surface area contributed by atoms with Gasteiger partial charge in [0.2, 0.25) is 0 Å². The van der Waals surface area contributed by atoms with Crippen molar-refractivity contribution in [3.8, 4) is 0 Å². The van der Waals surface area contributed by atoms with Gasteiger partial charge < -0.3 is 5.73 Å². The lowest BCUT2D eigenvalue weighted by atomic mass is 9.75. The van der Waals surface area contributed by atoms with Crippen LogP contribution in [-0.2, 0) is 0 Å². The fraction of sp³-hybridized carbons (Fsp3) is 0.455. The lowest BCUT2D eigenvalue weighted by molar-refractivity contribution is 0.346. The summed E-state index contributed by atoms with van der Waals surface area (Å²) in [6.45, 7) is 2.09. The number of hydrogen-bond acceptors (Lipinski definition) is 1. The van der Waals surface area contributed by atoms with Crippen molar-refractivity contribution in [2.24, 2.45) is 5.73 Å². The van der Waals surface area contributed by atoms with Crippen LogP contribution in [0.3, 0.4) is 0 Å². The van der Waals surface area contributed by atoms with Gasteiger partial charge in [-0.2, -0.15) is 0 Å². The van der Waals surface area contributed by atoms with E-state index in [0.717, 1.165) is 11.4 Å². The highest BCUT2D eigenvalue weighted by atomic mass is 35.5. The summed E-state index contributed by atoms with van der Waals surface area (Å²) in [5, 5.41) is 0.866. The summed E-state index contributed by atoms with van der Waals surface area (Å²) in [6, 6.07) is 6.48. The first-order valence-electron chi connectivity index (χ1n) is 4.70. The van der Waals surface area contributed by atoms with Crippen molar-refractivity contribution < 1.29 is 0 Å². The SMILES string of the molecule is Cc1ccc(Cl)c(C2CCC2N)c1. The smallest absolute Gasteiger partial charge is 0.0441 e. The van der Waals surface area contributed by atoms with Crippen molar-refractivity contribution in [2.75, 3.05) is 0 Å². The third-order valence-electron chi connectivity index (χ3n) is 2.88. The van der Waals surface area contributed by atoms with E-state index in [1.54, 1.807) is 0 Å². The summed E-state index contributed by atoms with van der Waals surface area (Å²) in [6.07, 6.45) is 2.32. The van der Waals surface area contributed by atoms with Crippen LogP contribution >= 0.6 is 11.6 Å². The number of halogens is 1. The van der Waals surface area contributed by atoms with Gasteiger partial charge in [0, 0.05) is 17.0 Å². The van der Waals surface area contributed by atoms with Gasteiger partial charge >= 0.3 is 0 Å². The summed E-state index contributed by atoms with van der Waals surface area (Å²) in [5.74, 6) is 0.493. The van der Waals surface area contributed by atoms with Crippen molar-refractivity contribution >= 4 is 11.6 Å². The standard InChI is InChI=1S/C11H14ClN/c1-7-2-4-10(12)9(6-7)8-3-5-11(8)13/h2,4,6,8,11H,3,5,13H2,1H3. The predicted octanol–water partition coefficient (Wildman–Crippen LogP) is 2.85. The number of aryl methyl sites for hydroxylation is 1. The molecule has 0 aromatic heterocycles. The molecule has 2 atom stereocenters. The van der Waals surface area contributed by atoms with Crippen molar-refractivity contribution in [3.63, 3.8) is 0 Å². The molecule has 1 saturated carbocycles. The second-order valence-electron chi connectivity index (χ2n) is 3.87. The maximum absolute atomic E-state index is 6.11. The van der Waals surface area contributed by atoms with Gasteiger partial charge in [0.05, 0.1) is 0 Å². The topological polar surface area (TPSA) is 26.0 Å². The van der Waals surface area contributed by atoms with E-state index in [0.29, 0.717) is 12.0 Å². The number of nitrogens with two attached hydrogens (primary N) is 1. The lowest BCUT2D eigenvalue weighted by Gasteiger charge is -2.34. The van der Waals surface area contributed by atoms with Gasteiger partial charge in [-0.3, -0.25) is 0 Å². The Bertz CT molecular complexity index is 322. The normalized spacial score (nSPS) is 27.0. The van der Waals surface area contributed by atoms with Gasteiger partial charge in [-0.15, -0.1) is 0 Å². The van der Waals surface area contributed by atoms with Gasteiger partial charge in [-0.05, 0) is 31.4 Å². The molecule has 70 valence electrons. The van der Waals surface area contributed by atoms with Gasteiger partial charge in [-0.1, -0.05) is 29.3 Å². The van der Waals surface area contributed by atoms with Crippen molar-refractivity contribution in [2.45, 2.75) is 31.7 Å².